The van der Waals surface area contributed by atoms with Crippen molar-refractivity contribution < 1.29 is 5.11 Å². The van der Waals surface area contributed by atoms with Crippen molar-refractivity contribution in [2.45, 2.75) is 13.0 Å². The van der Waals surface area contributed by atoms with E-state index in [2.05, 4.69) is 27.4 Å². The predicted octanol–water partition coefficient (Wildman–Crippen LogP) is 3.51. The summed E-state index contributed by atoms with van der Waals surface area (Å²) in [5, 5.41) is 23.6. The van der Waals surface area contributed by atoms with Crippen molar-refractivity contribution >= 4 is 17.3 Å². The van der Waals surface area contributed by atoms with Gasteiger partial charge in [-0.25, -0.2) is 0 Å². The van der Waals surface area contributed by atoms with Gasteiger partial charge in [-0.2, -0.15) is 5.10 Å². The van der Waals surface area contributed by atoms with Gasteiger partial charge in [-0.1, -0.05) is 29.8 Å². The molecule has 0 radical (unpaired) electrons. The summed E-state index contributed by atoms with van der Waals surface area (Å²) in [5.41, 5.74) is 5.58. The lowest BCUT2D eigenvalue weighted by Gasteiger charge is -2.14. The van der Waals surface area contributed by atoms with Crippen LogP contribution in [0.4, 0.5) is 0 Å². The highest BCUT2D eigenvalue weighted by Gasteiger charge is 2.28. The first kappa shape index (κ1) is 18.7. The van der Waals surface area contributed by atoms with Crippen molar-refractivity contribution in [3.8, 4) is 16.8 Å². The first-order valence-electron chi connectivity index (χ1n) is 9.55. The van der Waals surface area contributed by atoms with Gasteiger partial charge in [-0.3, -0.25) is 14.2 Å². The number of nitrogens with zero attached hydrogens (tertiary/aromatic N) is 6. The lowest BCUT2D eigenvalue weighted by atomic mass is 9.96. The Balaban J connectivity index is 1.79. The molecule has 0 saturated heterocycles. The van der Waals surface area contributed by atoms with Gasteiger partial charge in [0.05, 0.1) is 24.2 Å². The zero-order valence-corrected chi connectivity index (χ0v) is 17.2. The summed E-state index contributed by atoms with van der Waals surface area (Å²) in [6.07, 6.45) is 3.81. The maximum Gasteiger partial charge on any atom is 0.164 e. The third-order valence-electron chi connectivity index (χ3n) is 5.25. The Bertz CT molecular complexity index is 1270. The molecule has 1 unspecified atom stereocenters. The molecule has 8 heteroatoms. The molecule has 4 aromatic rings. The largest absolute Gasteiger partial charge is 0.394 e. The number of aliphatic hydroxyl groups excluding tert-OH is 1. The maximum atomic E-state index is 10.1. The van der Waals surface area contributed by atoms with E-state index in [0.29, 0.717) is 10.8 Å². The van der Waals surface area contributed by atoms with E-state index in [4.69, 9.17) is 16.6 Å². The second kappa shape index (κ2) is 7.19. The first-order chi connectivity index (χ1) is 14.5. The molecule has 5 rings (SSSR count). The van der Waals surface area contributed by atoms with Crippen molar-refractivity contribution in [2.75, 3.05) is 6.61 Å². The third-order valence-corrected chi connectivity index (χ3v) is 5.51. The molecule has 0 saturated carbocycles. The Hall–Kier alpha value is -3.29. The smallest absolute Gasteiger partial charge is 0.164 e. The standard InChI is InChI=1S/C22H19ClN6O/c1-13-26-27-22-19(12-30)25-21(14-3-6-17(23)7-4-14)18-9-15(5-8-20(18)29(13)22)16-10-24-28(2)11-16/h3-11,19,30H,12H2,1-2H3. The average Bonchev–Trinajstić information content (AvgIpc) is 3.32. The van der Waals surface area contributed by atoms with E-state index in [1.54, 1.807) is 4.68 Å². The summed E-state index contributed by atoms with van der Waals surface area (Å²) < 4.78 is 3.74. The van der Waals surface area contributed by atoms with E-state index in [-0.39, 0.29) is 6.61 Å². The van der Waals surface area contributed by atoms with Crippen molar-refractivity contribution in [2.24, 2.45) is 12.0 Å². The minimum atomic E-state index is -0.522. The fraction of sp³-hybridized carbons (Fsp3) is 0.182. The lowest BCUT2D eigenvalue weighted by Crippen LogP contribution is -2.09. The van der Waals surface area contributed by atoms with Gasteiger partial charge in [0.15, 0.2) is 5.82 Å². The van der Waals surface area contributed by atoms with E-state index in [1.807, 2.05) is 61.3 Å². The maximum absolute atomic E-state index is 10.1. The van der Waals surface area contributed by atoms with Crippen LogP contribution in [0.25, 0.3) is 16.8 Å². The van der Waals surface area contributed by atoms with Gasteiger partial charge in [-0.05, 0) is 36.8 Å². The Labute approximate surface area is 178 Å². The number of hydrogen-bond acceptors (Lipinski definition) is 5. The number of aryl methyl sites for hydroxylation is 2. The molecule has 0 aliphatic carbocycles. The number of halogens is 1. The molecule has 30 heavy (non-hydrogen) atoms. The zero-order chi connectivity index (χ0) is 20.8. The number of aliphatic imine (C=N–C) groups is 1. The molecule has 3 heterocycles. The summed E-state index contributed by atoms with van der Waals surface area (Å²) in [4.78, 5) is 4.91. The van der Waals surface area contributed by atoms with Crippen LogP contribution in [0.15, 0.2) is 59.9 Å². The fourth-order valence-corrected chi connectivity index (χ4v) is 3.93. The first-order valence-corrected chi connectivity index (χ1v) is 9.93. The van der Waals surface area contributed by atoms with Crippen LogP contribution in [0.3, 0.4) is 0 Å². The number of fused-ring (bicyclic) bond motifs is 3. The molecule has 1 atom stereocenters. The Morgan fingerprint density at radius 3 is 2.50 bits per heavy atom. The average molecular weight is 419 g/mol. The Kier molecular flexibility index (Phi) is 4.49. The van der Waals surface area contributed by atoms with Gasteiger partial charge in [0, 0.05) is 35.0 Å². The minimum Gasteiger partial charge on any atom is -0.394 e. The summed E-state index contributed by atoms with van der Waals surface area (Å²) in [6.45, 7) is 1.73. The molecule has 1 N–H and O–H groups in total. The summed E-state index contributed by atoms with van der Waals surface area (Å²) in [7, 11) is 1.90. The molecule has 2 aromatic heterocycles. The van der Waals surface area contributed by atoms with E-state index >= 15 is 0 Å². The van der Waals surface area contributed by atoms with Gasteiger partial charge in [0.25, 0.3) is 0 Å². The predicted molar refractivity (Wildman–Crippen MR) is 115 cm³/mol. The normalized spacial score (nSPS) is 15.3. The number of hydrogen-bond donors (Lipinski definition) is 1. The number of aromatic nitrogens is 5. The molecular formula is C22H19ClN6O. The quantitative estimate of drug-likeness (QED) is 0.552. The fourth-order valence-electron chi connectivity index (χ4n) is 3.81. The third kappa shape index (κ3) is 3.03. The van der Waals surface area contributed by atoms with E-state index < -0.39 is 6.04 Å². The number of benzene rings is 2. The molecular weight excluding hydrogens is 400 g/mol. The SMILES string of the molecule is Cc1nnc2n1-c1ccc(-c3cnn(C)c3)cc1C(c1ccc(Cl)cc1)=NC2CO. The highest BCUT2D eigenvalue weighted by Crippen LogP contribution is 2.33. The van der Waals surface area contributed by atoms with Crippen LogP contribution in [-0.4, -0.2) is 42.0 Å². The van der Waals surface area contributed by atoms with Gasteiger partial charge in [0.2, 0.25) is 0 Å². The topological polar surface area (TPSA) is 81.1 Å². The lowest BCUT2D eigenvalue weighted by molar-refractivity contribution is 0.263. The Morgan fingerprint density at radius 1 is 1.03 bits per heavy atom. The van der Waals surface area contributed by atoms with Crippen LogP contribution in [0.1, 0.15) is 28.8 Å². The molecule has 0 bridgehead atoms. The molecule has 0 fully saturated rings. The van der Waals surface area contributed by atoms with E-state index in [0.717, 1.165) is 39.5 Å². The van der Waals surface area contributed by atoms with Crippen LogP contribution in [0.2, 0.25) is 5.02 Å². The molecule has 0 spiro atoms. The van der Waals surface area contributed by atoms with Crippen LogP contribution in [0, 0.1) is 6.92 Å². The van der Waals surface area contributed by atoms with Crippen LogP contribution in [0.5, 0.6) is 0 Å². The monoisotopic (exact) mass is 418 g/mol. The molecule has 2 aromatic carbocycles. The zero-order valence-electron chi connectivity index (χ0n) is 16.5. The van der Waals surface area contributed by atoms with Gasteiger partial charge >= 0.3 is 0 Å². The molecule has 0 amide bonds. The highest BCUT2D eigenvalue weighted by molar-refractivity contribution is 6.30. The van der Waals surface area contributed by atoms with Crippen LogP contribution in [-0.2, 0) is 7.05 Å². The second-order valence-electron chi connectivity index (χ2n) is 7.26. The number of rotatable bonds is 3. The van der Waals surface area contributed by atoms with Gasteiger partial charge in [-0.15, -0.1) is 10.2 Å². The second-order valence-corrected chi connectivity index (χ2v) is 7.69. The van der Waals surface area contributed by atoms with Gasteiger partial charge in [0.1, 0.15) is 11.9 Å². The van der Waals surface area contributed by atoms with Crippen LogP contribution >= 0.6 is 11.6 Å². The van der Waals surface area contributed by atoms with E-state index in [1.165, 1.54) is 0 Å². The summed E-state index contributed by atoms with van der Waals surface area (Å²) >= 11 is 6.11. The highest BCUT2D eigenvalue weighted by atomic mass is 35.5. The van der Waals surface area contributed by atoms with E-state index in [9.17, 15) is 5.11 Å². The van der Waals surface area contributed by atoms with Crippen LogP contribution < -0.4 is 0 Å². The molecule has 1 aliphatic heterocycles. The summed E-state index contributed by atoms with van der Waals surface area (Å²) in [5.74, 6) is 1.36. The van der Waals surface area contributed by atoms with Crippen molar-refractivity contribution in [3.63, 3.8) is 0 Å². The molecule has 1 aliphatic rings. The minimum absolute atomic E-state index is 0.168. The van der Waals surface area contributed by atoms with Gasteiger partial charge < -0.3 is 5.11 Å². The molecule has 7 nitrogen and oxygen atoms in total. The Morgan fingerprint density at radius 2 is 1.80 bits per heavy atom. The van der Waals surface area contributed by atoms with Crippen molar-refractivity contribution in [3.05, 3.63) is 82.7 Å². The van der Waals surface area contributed by atoms with Crippen molar-refractivity contribution in [1.82, 2.24) is 24.5 Å². The van der Waals surface area contributed by atoms with Crippen molar-refractivity contribution in [1.29, 1.82) is 0 Å². The number of aliphatic hydroxyl groups is 1. The summed E-state index contributed by atoms with van der Waals surface area (Å²) in [6, 6.07) is 13.2. The molecule has 150 valence electrons.